The van der Waals surface area contributed by atoms with E-state index in [4.69, 9.17) is 0 Å². The minimum Gasteiger partial charge on any atom is -0.354 e. The Morgan fingerprint density at radius 2 is 1.38 bits per heavy atom. The summed E-state index contributed by atoms with van der Waals surface area (Å²) < 4.78 is 79.6. The van der Waals surface area contributed by atoms with Gasteiger partial charge in [0.1, 0.15) is 0 Å². The highest BCUT2D eigenvalue weighted by atomic mass is 19.4. The molecule has 1 N–H and O–H groups in total. The molecule has 0 bridgehead atoms. The SMILES string of the molecule is CCc1nc(BCC(c2cccc(C(F)(F)F)c2)c2cccc(C(F)(F)F)c2)[nH]c1CC. The maximum absolute atomic E-state index is 13.3. The van der Waals surface area contributed by atoms with Crippen LogP contribution in [0.25, 0.3) is 0 Å². The number of aryl methyl sites for hydroxylation is 2. The molecular formula is C23H23BF6N2. The molecule has 3 aromatic rings. The maximum atomic E-state index is 13.3. The first-order chi connectivity index (χ1) is 15.0. The molecule has 32 heavy (non-hydrogen) atoms. The summed E-state index contributed by atoms with van der Waals surface area (Å²) in [6, 6.07) is 9.57. The highest BCUT2D eigenvalue weighted by Crippen LogP contribution is 2.36. The van der Waals surface area contributed by atoms with Crippen molar-refractivity contribution in [2.45, 2.75) is 51.3 Å². The lowest BCUT2D eigenvalue weighted by atomic mass is 9.65. The van der Waals surface area contributed by atoms with Gasteiger partial charge in [-0.05, 0) is 36.1 Å². The Balaban J connectivity index is 1.99. The minimum absolute atomic E-state index is 0.308. The molecule has 0 saturated heterocycles. The van der Waals surface area contributed by atoms with Gasteiger partial charge in [-0.2, -0.15) is 26.3 Å². The first-order valence-corrected chi connectivity index (χ1v) is 10.4. The maximum Gasteiger partial charge on any atom is 0.416 e. The van der Waals surface area contributed by atoms with Gasteiger partial charge in [-0.15, -0.1) is 0 Å². The van der Waals surface area contributed by atoms with Gasteiger partial charge in [0.25, 0.3) is 0 Å². The number of benzene rings is 2. The van der Waals surface area contributed by atoms with Crippen LogP contribution in [0.2, 0.25) is 6.32 Å². The zero-order chi connectivity index (χ0) is 23.5. The van der Waals surface area contributed by atoms with Gasteiger partial charge in [-0.25, -0.2) is 4.98 Å². The number of aromatic amines is 1. The van der Waals surface area contributed by atoms with E-state index in [1.165, 1.54) is 24.3 Å². The minimum atomic E-state index is -4.54. The number of nitrogens with zero attached hydrogens (tertiary/aromatic N) is 1. The highest BCUT2D eigenvalue weighted by Gasteiger charge is 2.33. The van der Waals surface area contributed by atoms with Crippen LogP contribution in [0, 0.1) is 0 Å². The van der Waals surface area contributed by atoms with Crippen LogP contribution in [0.1, 0.15) is 53.4 Å². The fraction of sp³-hybridized carbons (Fsp3) is 0.348. The van der Waals surface area contributed by atoms with E-state index in [1.807, 2.05) is 13.8 Å². The molecule has 0 aliphatic rings. The predicted molar refractivity (Wildman–Crippen MR) is 114 cm³/mol. The molecule has 0 aliphatic carbocycles. The van der Waals surface area contributed by atoms with Crippen LogP contribution >= 0.6 is 0 Å². The summed E-state index contributed by atoms with van der Waals surface area (Å²) in [5, 5.41) is 0. The molecule has 0 fully saturated rings. The Labute approximate surface area is 183 Å². The number of nitrogens with one attached hydrogen (secondary N) is 1. The number of aromatic nitrogens is 2. The summed E-state index contributed by atoms with van der Waals surface area (Å²) in [5.41, 5.74) is 1.59. The van der Waals surface area contributed by atoms with Crippen LogP contribution in [-0.2, 0) is 25.2 Å². The largest absolute Gasteiger partial charge is 0.416 e. The lowest BCUT2D eigenvalue weighted by Gasteiger charge is -2.20. The summed E-state index contributed by atoms with van der Waals surface area (Å²) in [6.45, 7) is 3.97. The van der Waals surface area contributed by atoms with Gasteiger partial charge in [0, 0.05) is 11.6 Å². The van der Waals surface area contributed by atoms with Gasteiger partial charge >= 0.3 is 12.4 Å². The molecular weight excluding hydrogens is 429 g/mol. The Morgan fingerprint density at radius 1 is 0.844 bits per heavy atom. The summed E-state index contributed by atoms with van der Waals surface area (Å²) >= 11 is 0. The van der Waals surface area contributed by atoms with E-state index in [0.29, 0.717) is 30.5 Å². The topological polar surface area (TPSA) is 28.7 Å². The van der Waals surface area contributed by atoms with Crippen molar-refractivity contribution in [1.82, 2.24) is 9.97 Å². The lowest BCUT2D eigenvalue weighted by Crippen LogP contribution is -2.21. The second-order valence-electron chi connectivity index (χ2n) is 7.65. The van der Waals surface area contributed by atoms with Crippen molar-refractivity contribution >= 4 is 13.0 Å². The van der Waals surface area contributed by atoms with Crippen molar-refractivity contribution in [2.24, 2.45) is 0 Å². The zero-order valence-electron chi connectivity index (χ0n) is 17.7. The van der Waals surface area contributed by atoms with Gasteiger partial charge in [-0.1, -0.05) is 56.6 Å². The number of hydrogen-bond acceptors (Lipinski definition) is 1. The average molecular weight is 452 g/mol. The van der Waals surface area contributed by atoms with E-state index < -0.39 is 29.4 Å². The zero-order valence-corrected chi connectivity index (χ0v) is 17.7. The fourth-order valence-corrected chi connectivity index (χ4v) is 3.88. The van der Waals surface area contributed by atoms with Crippen LogP contribution in [0.15, 0.2) is 48.5 Å². The first kappa shape index (κ1) is 23.9. The standard InChI is InChI=1S/C23H23BF6N2/c1-3-19-20(4-2)32-21(31-19)24-13-18(14-7-5-9-16(11-14)22(25,26)27)15-8-6-10-17(12-15)23(28,29)30/h5-12,18,24H,3-4,13H2,1-2H3,(H,31,32). The third kappa shape index (κ3) is 5.55. The van der Waals surface area contributed by atoms with Crippen molar-refractivity contribution in [2.75, 3.05) is 0 Å². The smallest absolute Gasteiger partial charge is 0.354 e. The Kier molecular flexibility index (Phi) is 7.05. The molecule has 0 saturated carbocycles. The number of H-pyrrole nitrogens is 1. The number of rotatable bonds is 7. The summed E-state index contributed by atoms with van der Waals surface area (Å²) in [7, 11) is 0.393. The van der Waals surface area contributed by atoms with Crippen molar-refractivity contribution in [1.29, 1.82) is 0 Å². The molecule has 0 radical (unpaired) electrons. The third-order valence-corrected chi connectivity index (χ3v) is 5.50. The molecule has 3 rings (SSSR count). The van der Waals surface area contributed by atoms with E-state index in [0.717, 1.165) is 48.5 Å². The van der Waals surface area contributed by atoms with Crippen molar-refractivity contribution in [3.63, 3.8) is 0 Å². The molecule has 2 nitrogen and oxygen atoms in total. The van der Waals surface area contributed by atoms with E-state index in [1.54, 1.807) is 0 Å². The van der Waals surface area contributed by atoms with Crippen LogP contribution in [-0.4, -0.2) is 17.2 Å². The van der Waals surface area contributed by atoms with Crippen molar-refractivity contribution in [3.8, 4) is 0 Å². The number of alkyl halides is 6. The first-order valence-electron chi connectivity index (χ1n) is 10.4. The Bertz CT molecular complexity index is 976. The second-order valence-corrected chi connectivity index (χ2v) is 7.65. The number of imidazole rings is 1. The molecule has 1 heterocycles. The molecule has 170 valence electrons. The number of hydrogen-bond donors (Lipinski definition) is 1. The van der Waals surface area contributed by atoms with Gasteiger partial charge < -0.3 is 4.98 Å². The third-order valence-electron chi connectivity index (χ3n) is 5.50. The molecule has 9 heteroatoms. The normalized spacial score (nSPS) is 12.4. The summed E-state index contributed by atoms with van der Waals surface area (Å²) in [6.07, 6.45) is -7.27. The highest BCUT2D eigenvalue weighted by molar-refractivity contribution is 6.51. The van der Waals surface area contributed by atoms with Gasteiger partial charge in [0.05, 0.1) is 22.5 Å². The summed E-state index contributed by atoms with van der Waals surface area (Å²) in [5.74, 6) is -0.653. The summed E-state index contributed by atoms with van der Waals surface area (Å²) in [4.78, 5) is 7.80. The van der Waals surface area contributed by atoms with Crippen LogP contribution < -0.4 is 5.72 Å². The van der Waals surface area contributed by atoms with Crippen LogP contribution in [0.5, 0.6) is 0 Å². The van der Waals surface area contributed by atoms with E-state index in [2.05, 4.69) is 9.97 Å². The molecule has 0 spiro atoms. The van der Waals surface area contributed by atoms with Gasteiger partial charge in [-0.3, -0.25) is 0 Å². The predicted octanol–water partition coefficient (Wildman–Crippen LogP) is 5.88. The van der Waals surface area contributed by atoms with Crippen molar-refractivity contribution in [3.05, 3.63) is 82.2 Å². The molecule has 0 unspecified atom stereocenters. The van der Waals surface area contributed by atoms with Gasteiger partial charge in [0.2, 0.25) is 7.28 Å². The average Bonchev–Trinajstić information content (AvgIpc) is 3.15. The molecule has 0 amide bonds. The molecule has 1 aromatic heterocycles. The van der Waals surface area contributed by atoms with Gasteiger partial charge in [0.15, 0.2) is 0 Å². The quantitative estimate of drug-likeness (QED) is 0.352. The molecule has 2 aromatic carbocycles. The van der Waals surface area contributed by atoms with E-state index in [9.17, 15) is 26.3 Å². The monoisotopic (exact) mass is 452 g/mol. The van der Waals surface area contributed by atoms with Crippen LogP contribution in [0.3, 0.4) is 0 Å². The van der Waals surface area contributed by atoms with Crippen LogP contribution in [0.4, 0.5) is 26.3 Å². The Hall–Kier alpha value is -2.71. The Morgan fingerprint density at radius 3 is 1.78 bits per heavy atom. The number of halogens is 6. The molecule has 0 atom stereocenters. The van der Waals surface area contributed by atoms with Crippen molar-refractivity contribution < 1.29 is 26.3 Å². The fourth-order valence-electron chi connectivity index (χ4n) is 3.88. The van der Waals surface area contributed by atoms with E-state index in [-0.39, 0.29) is 0 Å². The second kappa shape index (κ2) is 9.42. The molecule has 0 aliphatic heterocycles. The lowest BCUT2D eigenvalue weighted by molar-refractivity contribution is -0.138. The van der Waals surface area contributed by atoms with E-state index >= 15 is 0 Å².